The number of hydrogen-bond acceptors (Lipinski definition) is 5. The number of fused-ring (bicyclic) bond motifs is 5. The third kappa shape index (κ3) is 3.50. The van der Waals surface area contributed by atoms with Gasteiger partial charge in [0.15, 0.2) is 0 Å². The summed E-state index contributed by atoms with van der Waals surface area (Å²) in [5.41, 5.74) is 2.01. The number of nitrogens with zero attached hydrogens (tertiary/aromatic N) is 3. The fourth-order valence-electron chi connectivity index (χ4n) is 9.00. The SMILES string of the molecule is CC(=O)O[C@H]1CC[C@H]2[C@@H]3CC[C@H]4CC(=O)C[C@H](n5cc(-c6ccccc6)nn5)[C@]4(C)[C@H]3CC[C@]12C. The van der Waals surface area contributed by atoms with E-state index in [4.69, 9.17) is 4.74 Å². The van der Waals surface area contributed by atoms with Crippen molar-refractivity contribution < 1.29 is 14.3 Å². The van der Waals surface area contributed by atoms with Crippen LogP contribution in [0, 0.1) is 34.5 Å². The number of ketones is 1. The first-order valence-corrected chi connectivity index (χ1v) is 13.5. The number of carbonyl (C=O) groups is 2. The lowest BCUT2D eigenvalue weighted by molar-refractivity contribution is -0.167. The first kappa shape index (κ1) is 22.9. The quantitative estimate of drug-likeness (QED) is 0.537. The highest BCUT2D eigenvalue weighted by atomic mass is 16.5. The molecule has 1 aromatic heterocycles. The van der Waals surface area contributed by atoms with Crippen LogP contribution in [0.25, 0.3) is 11.3 Å². The van der Waals surface area contributed by atoms with E-state index >= 15 is 0 Å². The highest BCUT2D eigenvalue weighted by Crippen LogP contribution is 2.68. The van der Waals surface area contributed by atoms with Crippen molar-refractivity contribution in [2.24, 2.45) is 34.5 Å². The van der Waals surface area contributed by atoms with Gasteiger partial charge in [-0.3, -0.25) is 9.59 Å². The Hall–Kier alpha value is -2.50. The van der Waals surface area contributed by atoms with Crippen LogP contribution in [0.15, 0.2) is 36.5 Å². The predicted octanol–water partition coefficient (Wildman–Crippen LogP) is 5.64. The Balaban J connectivity index is 1.34. The molecule has 8 atom stereocenters. The van der Waals surface area contributed by atoms with E-state index in [1.54, 1.807) is 6.92 Å². The maximum Gasteiger partial charge on any atom is 0.302 e. The van der Waals surface area contributed by atoms with Gasteiger partial charge in [0.2, 0.25) is 0 Å². The minimum Gasteiger partial charge on any atom is -0.462 e. The molecule has 4 fully saturated rings. The summed E-state index contributed by atoms with van der Waals surface area (Å²) in [7, 11) is 0. The number of aromatic nitrogens is 3. The molecule has 4 aliphatic carbocycles. The van der Waals surface area contributed by atoms with Gasteiger partial charge >= 0.3 is 5.97 Å². The van der Waals surface area contributed by atoms with Crippen LogP contribution in [0.5, 0.6) is 0 Å². The molecule has 35 heavy (non-hydrogen) atoms. The van der Waals surface area contributed by atoms with Gasteiger partial charge in [-0.05, 0) is 67.6 Å². The second-order valence-corrected chi connectivity index (χ2v) is 12.1. The van der Waals surface area contributed by atoms with E-state index < -0.39 is 0 Å². The number of ether oxygens (including phenoxy) is 1. The van der Waals surface area contributed by atoms with E-state index in [-0.39, 0.29) is 28.9 Å². The molecule has 0 radical (unpaired) electrons. The molecule has 4 saturated carbocycles. The molecule has 186 valence electrons. The van der Waals surface area contributed by atoms with Gasteiger partial charge < -0.3 is 4.74 Å². The molecule has 0 bridgehead atoms. The van der Waals surface area contributed by atoms with Crippen LogP contribution in [0.1, 0.15) is 78.2 Å². The Kier molecular flexibility index (Phi) is 5.42. The molecule has 6 heteroatoms. The van der Waals surface area contributed by atoms with Crippen molar-refractivity contribution in [1.82, 2.24) is 15.0 Å². The topological polar surface area (TPSA) is 74.1 Å². The average molecular weight is 476 g/mol. The molecule has 6 nitrogen and oxygen atoms in total. The minimum absolute atomic E-state index is 0.0132. The molecule has 1 heterocycles. The standard InChI is InChI=1S/C29H37N3O3/c1-18(33)35-27-12-11-23-22-10-9-20-15-21(34)16-26(29(20,3)24(22)13-14-28(23,27)2)32-17-25(30-31-32)19-7-5-4-6-8-19/h4-8,17,20,22-24,26-27H,9-16H2,1-3H3/t20-,22-,23-,24-,26-,27-,28-,29-/m0/s1. The largest absolute Gasteiger partial charge is 0.462 e. The lowest BCUT2D eigenvalue weighted by atomic mass is 9.44. The maximum atomic E-state index is 13.0. The number of Topliss-reactive ketones (excluding diaryl/α,β-unsaturated/α-hetero) is 1. The van der Waals surface area contributed by atoms with Crippen LogP contribution < -0.4 is 0 Å². The Bertz CT molecular complexity index is 1130. The summed E-state index contributed by atoms with van der Waals surface area (Å²) in [6.07, 6.45) is 9.99. The molecule has 0 spiro atoms. The van der Waals surface area contributed by atoms with Gasteiger partial charge in [0.1, 0.15) is 17.6 Å². The molecular weight excluding hydrogens is 438 g/mol. The lowest BCUT2D eigenvalue weighted by Crippen LogP contribution is -2.57. The van der Waals surface area contributed by atoms with Crippen LogP contribution in [0.3, 0.4) is 0 Å². The zero-order chi connectivity index (χ0) is 24.4. The highest BCUT2D eigenvalue weighted by molar-refractivity contribution is 5.80. The van der Waals surface area contributed by atoms with Crippen LogP contribution in [0.4, 0.5) is 0 Å². The number of hydrogen-bond donors (Lipinski definition) is 0. The zero-order valence-corrected chi connectivity index (χ0v) is 21.2. The van der Waals surface area contributed by atoms with Crippen molar-refractivity contribution in [3.05, 3.63) is 36.5 Å². The summed E-state index contributed by atoms with van der Waals surface area (Å²) >= 11 is 0. The Morgan fingerprint density at radius 3 is 2.60 bits per heavy atom. The van der Waals surface area contributed by atoms with E-state index in [0.29, 0.717) is 42.3 Å². The Morgan fingerprint density at radius 1 is 1.03 bits per heavy atom. The smallest absolute Gasteiger partial charge is 0.302 e. The molecule has 0 N–H and O–H groups in total. The van der Waals surface area contributed by atoms with Gasteiger partial charge in [-0.2, -0.15) is 0 Å². The molecule has 0 aliphatic heterocycles. The number of carbonyl (C=O) groups excluding carboxylic acids is 2. The predicted molar refractivity (Wildman–Crippen MR) is 132 cm³/mol. The van der Waals surface area contributed by atoms with Gasteiger partial charge in [-0.1, -0.05) is 49.4 Å². The van der Waals surface area contributed by atoms with Crippen LogP contribution in [-0.2, 0) is 14.3 Å². The van der Waals surface area contributed by atoms with Gasteiger partial charge in [0.05, 0.1) is 12.2 Å². The van der Waals surface area contributed by atoms with Crippen molar-refractivity contribution in [3.63, 3.8) is 0 Å². The van der Waals surface area contributed by atoms with Crippen LogP contribution >= 0.6 is 0 Å². The normalized spacial score (nSPS) is 40.5. The minimum atomic E-state index is -0.152. The molecule has 0 amide bonds. The molecule has 0 unspecified atom stereocenters. The first-order valence-electron chi connectivity index (χ1n) is 13.5. The molecular formula is C29H37N3O3. The summed E-state index contributed by atoms with van der Waals surface area (Å²) in [5, 5.41) is 9.12. The van der Waals surface area contributed by atoms with E-state index in [0.717, 1.165) is 43.4 Å². The maximum absolute atomic E-state index is 13.0. The van der Waals surface area contributed by atoms with Crippen molar-refractivity contribution in [2.75, 3.05) is 0 Å². The monoisotopic (exact) mass is 475 g/mol. The third-order valence-corrected chi connectivity index (χ3v) is 10.7. The van der Waals surface area contributed by atoms with E-state index in [1.807, 2.05) is 22.9 Å². The summed E-state index contributed by atoms with van der Waals surface area (Å²) in [6, 6.07) is 10.2. The van der Waals surface area contributed by atoms with Crippen molar-refractivity contribution >= 4 is 11.8 Å². The van der Waals surface area contributed by atoms with Crippen LogP contribution in [-0.4, -0.2) is 32.9 Å². The number of esters is 1. The fourth-order valence-corrected chi connectivity index (χ4v) is 9.00. The Morgan fingerprint density at radius 2 is 1.83 bits per heavy atom. The molecule has 1 aromatic carbocycles. The molecule has 2 aromatic rings. The van der Waals surface area contributed by atoms with E-state index in [2.05, 4.69) is 42.5 Å². The molecule has 6 rings (SSSR count). The summed E-state index contributed by atoms with van der Waals surface area (Å²) in [4.78, 5) is 24.8. The first-order chi connectivity index (χ1) is 16.8. The van der Waals surface area contributed by atoms with Gasteiger partial charge in [-0.15, -0.1) is 5.10 Å². The second-order valence-electron chi connectivity index (χ2n) is 12.1. The number of rotatable bonds is 3. The number of benzene rings is 1. The fraction of sp³-hybridized carbons (Fsp3) is 0.655. The third-order valence-electron chi connectivity index (χ3n) is 10.7. The van der Waals surface area contributed by atoms with Crippen LogP contribution in [0.2, 0.25) is 0 Å². The lowest BCUT2D eigenvalue weighted by Gasteiger charge is -2.62. The summed E-state index contributed by atoms with van der Waals surface area (Å²) < 4.78 is 7.87. The summed E-state index contributed by atoms with van der Waals surface area (Å²) in [6.45, 7) is 6.37. The van der Waals surface area contributed by atoms with E-state index in [1.165, 1.54) is 6.42 Å². The highest BCUT2D eigenvalue weighted by Gasteiger charge is 2.63. The van der Waals surface area contributed by atoms with Gasteiger partial charge in [-0.25, -0.2) is 4.68 Å². The molecule has 0 saturated heterocycles. The van der Waals surface area contributed by atoms with Gasteiger partial charge in [0.25, 0.3) is 0 Å². The van der Waals surface area contributed by atoms with Gasteiger partial charge in [0, 0.05) is 30.7 Å². The van der Waals surface area contributed by atoms with E-state index in [9.17, 15) is 9.59 Å². The Labute approximate surface area is 207 Å². The zero-order valence-electron chi connectivity index (χ0n) is 21.2. The molecule has 4 aliphatic rings. The van der Waals surface area contributed by atoms with Crippen molar-refractivity contribution in [2.45, 2.75) is 84.3 Å². The summed E-state index contributed by atoms with van der Waals surface area (Å²) in [5.74, 6) is 2.36. The average Bonchev–Trinajstić information content (AvgIpc) is 3.45. The second kappa shape index (κ2) is 8.28. The van der Waals surface area contributed by atoms with Crippen molar-refractivity contribution in [3.8, 4) is 11.3 Å². The van der Waals surface area contributed by atoms with Crippen molar-refractivity contribution in [1.29, 1.82) is 0 Å².